The Kier molecular flexibility index (Phi) is 3.62. The minimum atomic E-state index is -0.262. The highest BCUT2D eigenvalue weighted by Gasteiger charge is 2.24. The molecule has 0 fully saturated rings. The number of hydrogen-bond donors (Lipinski definition) is 2. The lowest BCUT2D eigenvalue weighted by molar-refractivity contribution is -0.118. The minimum Gasteiger partial charge on any atom is -0.308 e. The van der Waals surface area contributed by atoms with E-state index < -0.39 is 0 Å². The molecule has 1 amide bonds. The van der Waals surface area contributed by atoms with Crippen molar-refractivity contribution in [1.29, 1.82) is 0 Å². The fourth-order valence-corrected chi connectivity index (χ4v) is 2.34. The van der Waals surface area contributed by atoms with Gasteiger partial charge in [0.05, 0.1) is 6.04 Å². The van der Waals surface area contributed by atoms with Crippen LogP contribution in [0.2, 0.25) is 5.15 Å². The summed E-state index contributed by atoms with van der Waals surface area (Å²) < 4.78 is 0. The molecule has 0 aliphatic carbocycles. The molecule has 2 aromatic rings. The summed E-state index contributed by atoms with van der Waals surface area (Å²) >= 11 is 5.65. The SMILES string of the molecule is O=C(Nc1ccc(Cl)nn1)[C@@H]1Cc2ccccc2CN1. The second-order valence-corrected chi connectivity index (χ2v) is 5.02. The highest BCUT2D eigenvalue weighted by Crippen LogP contribution is 2.17. The fourth-order valence-electron chi connectivity index (χ4n) is 2.24. The number of aromatic nitrogens is 2. The summed E-state index contributed by atoms with van der Waals surface area (Å²) in [5.41, 5.74) is 2.44. The van der Waals surface area contributed by atoms with Crippen LogP contribution in [-0.2, 0) is 17.8 Å². The van der Waals surface area contributed by atoms with E-state index in [0.29, 0.717) is 23.9 Å². The zero-order valence-corrected chi connectivity index (χ0v) is 11.4. The maximum absolute atomic E-state index is 12.2. The molecular weight excluding hydrogens is 276 g/mol. The van der Waals surface area contributed by atoms with E-state index >= 15 is 0 Å². The third-order valence-electron chi connectivity index (χ3n) is 3.28. The van der Waals surface area contributed by atoms with Gasteiger partial charge in [-0.25, -0.2) is 0 Å². The average molecular weight is 289 g/mol. The van der Waals surface area contributed by atoms with Gasteiger partial charge in [0.15, 0.2) is 11.0 Å². The first kappa shape index (κ1) is 13.0. The van der Waals surface area contributed by atoms with Crippen molar-refractivity contribution >= 4 is 23.3 Å². The lowest BCUT2D eigenvalue weighted by Gasteiger charge is -2.25. The van der Waals surface area contributed by atoms with Crippen LogP contribution >= 0.6 is 11.6 Å². The number of carbonyl (C=O) groups is 1. The molecule has 1 aromatic carbocycles. The Hall–Kier alpha value is -1.98. The first-order chi connectivity index (χ1) is 9.72. The minimum absolute atomic E-state index is 0.115. The molecule has 0 saturated heterocycles. The number of nitrogens with zero attached hydrogens (tertiary/aromatic N) is 2. The Labute approximate surface area is 121 Å². The zero-order valence-electron chi connectivity index (χ0n) is 10.6. The summed E-state index contributed by atoms with van der Waals surface area (Å²) in [5, 5.41) is 13.8. The van der Waals surface area contributed by atoms with Crippen LogP contribution in [0.25, 0.3) is 0 Å². The molecule has 0 bridgehead atoms. The molecular formula is C14H13ClN4O. The van der Waals surface area contributed by atoms with Gasteiger partial charge in [-0.1, -0.05) is 35.9 Å². The molecule has 2 heterocycles. The molecule has 0 radical (unpaired) electrons. The molecule has 102 valence electrons. The number of carbonyl (C=O) groups excluding carboxylic acids is 1. The molecule has 5 nitrogen and oxygen atoms in total. The van der Waals surface area contributed by atoms with Gasteiger partial charge in [-0.2, -0.15) is 0 Å². The number of nitrogens with one attached hydrogen (secondary N) is 2. The van der Waals surface area contributed by atoms with Crippen LogP contribution < -0.4 is 10.6 Å². The van der Waals surface area contributed by atoms with Crippen molar-refractivity contribution in [3.8, 4) is 0 Å². The van der Waals surface area contributed by atoms with Crippen molar-refractivity contribution in [2.24, 2.45) is 0 Å². The van der Waals surface area contributed by atoms with Crippen LogP contribution in [0.5, 0.6) is 0 Å². The molecule has 1 aromatic heterocycles. The number of anilines is 1. The second-order valence-electron chi connectivity index (χ2n) is 4.64. The Morgan fingerprint density at radius 2 is 2.00 bits per heavy atom. The van der Waals surface area contributed by atoms with Crippen LogP contribution in [0.15, 0.2) is 36.4 Å². The molecule has 1 atom stereocenters. The summed E-state index contributed by atoms with van der Waals surface area (Å²) in [6, 6.07) is 11.1. The van der Waals surface area contributed by atoms with Crippen LogP contribution in [-0.4, -0.2) is 22.1 Å². The van der Waals surface area contributed by atoms with Gasteiger partial charge >= 0.3 is 0 Å². The van der Waals surface area contributed by atoms with E-state index in [4.69, 9.17) is 11.6 Å². The van der Waals surface area contributed by atoms with Gasteiger partial charge in [-0.3, -0.25) is 4.79 Å². The third-order valence-corrected chi connectivity index (χ3v) is 3.48. The summed E-state index contributed by atoms with van der Waals surface area (Å²) in [4.78, 5) is 12.2. The largest absolute Gasteiger partial charge is 0.308 e. The number of fused-ring (bicyclic) bond motifs is 1. The summed E-state index contributed by atoms with van der Waals surface area (Å²) in [7, 11) is 0. The Bertz CT molecular complexity index is 629. The summed E-state index contributed by atoms with van der Waals surface area (Å²) in [6.45, 7) is 0.695. The zero-order chi connectivity index (χ0) is 13.9. The molecule has 2 N–H and O–H groups in total. The molecule has 3 rings (SSSR count). The number of hydrogen-bond acceptors (Lipinski definition) is 4. The quantitative estimate of drug-likeness (QED) is 0.884. The van der Waals surface area contributed by atoms with Crippen LogP contribution in [0.4, 0.5) is 5.82 Å². The van der Waals surface area contributed by atoms with Gasteiger partial charge in [0, 0.05) is 6.54 Å². The third kappa shape index (κ3) is 2.79. The van der Waals surface area contributed by atoms with Gasteiger partial charge in [-0.15, -0.1) is 10.2 Å². The van der Waals surface area contributed by atoms with Gasteiger partial charge in [0.1, 0.15) is 0 Å². The molecule has 0 saturated carbocycles. The van der Waals surface area contributed by atoms with Crippen LogP contribution in [0, 0.1) is 0 Å². The standard InChI is InChI=1S/C14H13ClN4O/c15-12-5-6-13(19-18-12)17-14(20)11-7-9-3-1-2-4-10(9)8-16-11/h1-6,11,16H,7-8H2,(H,17,19,20)/t11-/m0/s1. The van der Waals surface area contributed by atoms with Crippen molar-refractivity contribution in [2.45, 2.75) is 19.0 Å². The van der Waals surface area contributed by atoms with E-state index in [0.717, 1.165) is 0 Å². The normalized spacial score (nSPS) is 17.4. The second kappa shape index (κ2) is 5.56. The molecule has 0 spiro atoms. The molecule has 0 unspecified atom stereocenters. The van der Waals surface area contributed by atoms with Gasteiger partial charge in [0.25, 0.3) is 0 Å². The lowest BCUT2D eigenvalue weighted by atomic mass is 9.95. The molecule has 6 heteroatoms. The number of halogens is 1. The number of rotatable bonds is 2. The lowest BCUT2D eigenvalue weighted by Crippen LogP contribution is -2.44. The Morgan fingerprint density at radius 1 is 1.20 bits per heavy atom. The maximum atomic E-state index is 12.2. The number of amides is 1. The van der Waals surface area contributed by atoms with Crippen molar-refractivity contribution in [3.05, 3.63) is 52.7 Å². The van der Waals surface area contributed by atoms with Crippen molar-refractivity contribution in [2.75, 3.05) is 5.32 Å². The van der Waals surface area contributed by atoms with E-state index in [2.05, 4.69) is 33.0 Å². The highest BCUT2D eigenvalue weighted by atomic mass is 35.5. The van der Waals surface area contributed by atoms with E-state index in [1.165, 1.54) is 11.1 Å². The fraction of sp³-hybridized carbons (Fsp3) is 0.214. The molecule has 20 heavy (non-hydrogen) atoms. The van der Waals surface area contributed by atoms with E-state index in [1.807, 2.05) is 12.1 Å². The monoisotopic (exact) mass is 288 g/mol. The van der Waals surface area contributed by atoms with Crippen LogP contribution in [0.1, 0.15) is 11.1 Å². The Morgan fingerprint density at radius 3 is 2.75 bits per heavy atom. The topological polar surface area (TPSA) is 66.9 Å². The van der Waals surface area contributed by atoms with E-state index in [9.17, 15) is 4.79 Å². The predicted molar refractivity (Wildman–Crippen MR) is 76.4 cm³/mol. The first-order valence-corrected chi connectivity index (χ1v) is 6.70. The summed E-state index contributed by atoms with van der Waals surface area (Å²) in [6.07, 6.45) is 0.670. The average Bonchev–Trinajstić information content (AvgIpc) is 2.49. The predicted octanol–water partition coefficient (Wildman–Crippen LogP) is 1.78. The highest BCUT2D eigenvalue weighted by molar-refractivity contribution is 6.29. The van der Waals surface area contributed by atoms with Crippen molar-refractivity contribution < 1.29 is 4.79 Å². The van der Waals surface area contributed by atoms with Gasteiger partial charge in [-0.05, 0) is 29.7 Å². The van der Waals surface area contributed by atoms with Crippen LogP contribution in [0.3, 0.4) is 0 Å². The van der Waals surface area contributed by atoms with Crippen molar-refractivity contribution in [1.82, 2.24) is 15.5 Å². The number of benzene rings is 1. The van der Waals surface area contributed by atoms with E-state index in [1.54, 1.807) is 12.1 Å². The first-order valence-electron chi connectivity index (χ1n) is 6.32. The maximum Gasteiger partial charge on any atom is 0.243 e. The molecule has 1 aliphatic heterocycles. The van der Waals surface area contributed by atoms with Gasteiger partial charge < -0.3 is 10.6 Å². The van der Waals surface area contributed by atoms with E-state index in [-0.39, 0.29) is 11.9 Å². The van der Waals surface area contributed by atoms with Crippen molar-refractivity contribution in [3.63, 3.8) is 0 Å². The summed E-state index contributed by atoms with van der Waals surface area (Å²) in [5.74, 6) is 0.288. The Balaban J connectivity index is 1.68. The van der Waals surface area contributed by atoms with Gasteiger partial charge in [0.2, 0.25) is 5.91 Å². The molecule has 1 aliphatic rings. The smallest absolute Gasteiger partial charge is 0.243 e.